The third-order valence-electron chi connectivity index (χ3n) is 2.47. The molecule has 0 radical (unpaired) electrons. The molecule has 0 aliphatic rings. The molecule has 0 saturated carbocycles. The van der Waals surface area contributed by atoms with Gasteiger partial charge in [-0.25, -0.2) is 4.39 Å². The van der Waals surface area contributed by atoms with Crippen LogP contribution in [0.15, 0.2) is 23.1 Å². The first kappa shape index (κ1) is 13.5. The zero-order chi connectivity index (χ0) is 12.0. The van der Waals surface area contributed by atoms with Crippen LogP contribution in [0.2, 0.25) is 0 Å². The minimum Gasteiger partial charge on any atom is -0.324 e. The number of benzene rings is 1. The van der Waals surface area contributed by atoms with E-state index in [1.807, 2.05) is 13.0 Å². The summed E-state index contributed by atoms with van der Waals surface area (Å²) in [4.78, 5) is 0.992. The fraction of sp³-hybridized carbons (Fsp3) is 0.538. The van der Waals surface area contributed by atoms with Crippen LogP contribution in [0.5, 0.6) is 0 Å². The van der Waals surface area contributed by atoms with Gasteiger partial charge in [0.1, 0.15) is 5.82 Å². The zero-order valence-corrected chi connectivity index (χ0v) is 10.8. The molecule has 16 heavy (non-hydrogen) atoms. The van der Waals surface area contributed by atoms with Gasteiger partial charge in [0.2, 0.25) is 0 Å². The first-order valence-electron chi connectivity index (χ1n) is 5.83. The second-order valence-electron chi connectivity index (χ2n) is 4.00. The van der Waals surface area contributed by atoms with Crippen molar-refractivity contribution in [1.29, 1.82) is 0 Å². The topological polar surface area (TPSA) is 26.0 Å². The Hall–Kier alpha value is -0.540. The summed E-state index contributed by atoms with van der Waals surface area (Å²) in [5.74, 6) is 0.854. The van der Waals surface area contributed by atoms with Crippen LogP contribution < -0.4 is 5.73 Å². The molecule has 0 bridgehead atoms. The Balaban J connectivity index is 2.67. The van der Waals surface area contributed by atoms with Gasteiger partial charge in [0, 0.05) is 16.5 Å². The van der Waals surface area contributed by atoms with Gasteiger partial charge in [-0.3, -0.25) is 0 Å². The van der Waals surface area contributed by atoms with Crippen LogP contribution in [0.25, 0.3) is 0 Å². The van der Waals surface area contributed by atoms with Crippen LogP contribution >= 0.6 is 11.8 Å². The van der Waals surface area contributed by atoms with E-state index in [-0.39, 0.29) is 11.9 Å². The average molecular weight is 241 g/mol. The van der Waals surface area contributed by atoms with Crippen molar-refractivity contribution >= 4 is 11.8 Å². The predicted octanol–water partition coefficient (Wildman–Crippen LogP) is 4.13. The molecule has 1 aromatic carbocycles. The molecule has 2 N–H and O–H groups in total. The zero-order valence-electron chi connectivity index (χ0n) is 10.0. The molecule has 1 aromatic rings. The molecule has 0 amide bonds. The molecule has 0 saturated heterocycles. The molecule has 0 aliphatic heterocycles. The van der Waals surface area contributed by atoms with E-state index in [0.29, 0.717) is 5.56 Å². The summed E-state index contributed by atoms with van der Waals surface area (Å²) in [5.41, 5.74) is 6.45. The molecule has 0 unspecified atom stereocenters. The summed E-state index contributed by atoms with van der Waals surface area (Å²) in [6.45, 7) is 4.01. The summed E-state index contributed by atoms with van der Waals surface area (Å²) in [5, 5.41) is 0. The maximum Gasteiger partial charge on any atom is 0.129 e. The lowest BCUT2D eigenvalue weighted by atomic mass is 10.1. The van der Waals surface area contributed by atoms with Crippen LogP contribution in [0.1, 0.15) is 44.7 Å². The van der Waals surface area contributed by atoms with Crippen molar-refractivity contribution in [3.05, 3.63) is 29.6 Å². The van der Waals surface area contributed by atoms with Gasteiger partial charge >= 0.3 is 0 Å². The van der Waals surface area contributed by atoms with E-state index in [1.54, 1.807) is 17.8 Å². The fourth-order valence-corrected chi connectivity index (χ4v) is 2.80. The Bertz CT molecular complexity index is 326. The summed E-state index contributed by atoms with van der Waals surface area (Å²) in [6.07, 6.45) is 3.62. The van der Waals surface area contributed by atoms with Crippen molar-refractivity contribution < 1.29 is 4.39 Å². The highest BCUT2D eigenvalue weighted by Crippen LogP contribution is 2.29. The second-order valence-corrected chi connectivity index (χ2v) is 5.13. The van der Waals surface area contributed by atoms with Crippen molar-refractivity contribution in [3.8, 4) is 0 Å². The van der Waals surface area contributed by atoms with Crippen molar-refractivity contribution in [3.63, 3.8) is 0 Å². The quantitative estimate of drug-likeness (QED) is 0.598. The third-order valence-corrected chi connectivity index (χ3v) is 3.63. The predicted molar refractivity (Wildman–Crippen MR) is 69.3 cm³/mol. The first-order chi connectivity index (χ1) is 7.66. The standard InChI is InChI=1S/C13H20FNS/c1-3-4-5-9-16-12-8-6-7-11(14)13(12)10(2)15/h6-8,10H,3-5,9,15H2,1-2H3/t10-/m1/s1. The normalized spacial score (nSPS) is 12.8. The van der Waals surface area contributed by atoms with Gasteiger partial charge in [0.25, 0.3) is 0 Å². The van der Waals surface area contributed by atoms with Gasteiger partial charge in [-0.15, -0.1) is 11.8 Å². The SMILES string of the molecule is CCCCCSc1cccc(F)c1[C@@H](C)N. The molecular formula is C13H20FNS. The Morgan fingerprint density at radius 2 is 2.12 bits per heavy atom. The Morgan fingerprint density at radius 3 is 2.75 bits per heavy atom. The number of halogens is 1. The molecule has 1 rings (SSSR count). The third kappa shape index (κ3) is 3.80. The second kappa shape index (κ2) is 6.92. The number of rotatable bonds is 6. The van der Waals surface area contributed by atoms with Crippen molar-refractivity contribution in [2.75, 3.05) is 5.75 Å². The lowest BCUT2D eigenvalue weighted by Crippen LogP contribution is -2.09. The molecule has 0 aliphatic carbocycles. The molecule has 0 fully saturated rings. The molecule has 1 atom stereocenters. The van der Waals surface area contributed by atoms with Gasteiger partial charge in [-0.2, -0.15) is 0 Å². The van der Waals surface area contributed by atoms with Crippen LogP contribution in [0, 0.1) is 5.82 Å². The summed E-state index contributed by atoms with van der Waals surface area (Å²) in [6, 6.07) is 4.95. The van der Waals surface area contributed by atoms with Gasteiger partial charge in [-0.1, -0.05) is 25.8 Å². The Kier molecular flexibility index (Phi) is 5.85. The van der Waals surface area contributed by atoms with E-state index < -0.39 is 0 Å². The lowest BCUT2D eigenvalue weighted by Gasteiger charge is -2.13. The van der Waals surface area contributed by atoms with E-state index in [4.69, 9.17) is 5.73 Å². The number of nitrogens with two attached hydrogens (primary N) is 1. The Labute approximate surface area is 102 Å². The maximum absolute atomic E-state index is 13.6. The van der Waals surface area contributed by atoms with Gasteiger partial charge < -0.3 is 5.73 Å². The summed E-state index contributed by atoms with van der Waals surface area (Å²) < 4.78 is 13.6. The first-order valence-corrected chi connectivity index (χ1v) is 6.82. The average Bonchev–Trinajstić information content (AvgIpc) is 2.24. The smallest absolute Gasteiger partial charge is 0.129 e. The van der Waals surface area contributed by atoms with Crippen LogP contribution in [0.4, 0.5) is 4.39 Å². The van der Waals surface area contributed by atoms with Crippen molar-refractivity contribution in [2.24, 2.45) is 5.73 Å². The summed E-state index contributed by atoms with van der Waals surface area (Å²) >= 11 is 1.71. The van der Waals surface area contributed by atoms with E-state index in [2.05, 4.69) is 6.92 Å². The maximum atomic E-state index is 13.6. The van der Waals surface area contributed by atoms with Crippen molar-refractivity contribution in [1.82, 2.24) is 0 Å². The highest BCUT2D eigenvalue weighted by atomic mass is 32.2. The molecule has 90 valence electrons. The molecule has 3 heteroatoms. The van der Waals surface area contributed by atoms with E-state index in [1.165, 1.54) is 25.3 Å². The van der Waals surface area contributed by atoms with E-state index >= 15 is 0 Å². The van der Waals surface area contributed by atoms with E-state index in [0.717, 1.165) is 10.6 Å². The number of hydrogen-bond donors (Lipinski definition) is 1. The fourth-order valence-electron chi connectivity index (χ4n) is 1.62. The number of thioether (sulfide) groups is 1. The monoisotopic (exact) mass is 241 g/mol. The molecule has 0 heterocycles. The van der Waals surface area contributed by atoms with Gasteiger partial charge in [0.15, 0.2) is 0 Å². The number of hydrogen-bond acceptors (Lipinski definition) is 2. The van der Waals surface area contributed by atoms with E-state index in [9.17, 15) is 4.39 Å². The largest absolute Gasteiger partial charge is 0.324 e. The molecule has 1 nitrogen and oxygen atoms in total. The molecule has 0 aromatic heterocycles. The highest BCUT2D eigenvalue weighted by molar-refractivity contribution is 7.99. The minimum absolute atomic E-state index is 0.185. The Morgan fingerprint density at radius 1 is 1.38 bits per heavy atom. The number of unbranched alkanes of at least 4 members (excludes halogenated alkanes) is 2. The molecular weight excluding hydrogens is 221 g/mol. The van der Waals surface area contributed by atoms with Gasteiger partial charge in [0.05, 0.1) is 0 Å². The van der Waals surface area contributed by atoms with Crippen LogP contribution in [0.3, 0.4) is 0 Å². The summed E-state index contributed by atoms with van der Waals surface area (Å²) in [7, 11) is 0. The minimum atomic E-state index is -0.241. The van der Waals surface area contributed by atoms with Crippen LogP contribution in [-0.4, -0.2) is 5.75 Å². The van der Waals surface area contributed by atoms with Crippen LogP contribution in [-0.2, 0) is 0 Å². The molecule has 0 spiro atoms. The van der Waals surface area contributed by atoms with Crippen molar-refractivity contribution in [2.45, 2.75) is 44.0 Å². The lowest BCUT2D eigenvalue weighted by molar-refractivity contribution is 0.585. The highest BCUT2D eigenvalue weighted by Gasteiger charge is 2.12. The van der Waals surface area contributed by atoms with Gasteiger partial charge in [-0.05, 0) is 31.2 Å².